The van der Waals surface area contributed by atoms with Crippen molar-refractivity contribution in [2.75, 3.05) is 0 Å². The molecule has 0 radical (unpaired) electrons. The Morgan fingerprint density at radius 2 is 0.870 bits per heavy atom. The van der Waals surface area contributed by atoms with Crippen LogP contribution in [0.25, 0.3) is 0 Å². The highest BCUT2D eigenvalue weighted by Crippen LogP contribution is 2.29. The Morgan fingerprint density at radius 3 is 1.28 bits per heavy atom. The molecule has 8 heteroatoms. The van der Waals surface area contributed by atoms with E-state index in [-0.39, 0.29) is 29.2 Å². The molecule has 2 heterocycles. The van der Waals surface area contributed by atoms with E-state index in [2.05, 4.69) is 98.5 Å². The van der Waals surface area contributed by atoms with E-state index < -0.39 is 0 Å². The van der Waals surface area contributed by atoms with Crippen LogP contribution >= 0.6 is 32.9 Å². The SMILES string of the molecule is Br.BrCc1ccccc1.c1ccc(COC2CC(Oc3cc[n+](Cc4ccccc4)cc3)C2)cc1.c1ccc(COC2CC(Oc3ccncc3)C2)cc1. The summed E-state index contributed by atoms with van der Waals surface area (Å²) in [5.74, 6) is 1.82. The molecule has 6 nitrogen and oxygen atoms in total. The lowest BCUT2D eigenvalue weighted by atomic mass is 9.92. The van der Waals surface area contributed by atoms with Gasteiger partial charge in [0.2, 0.25) is 0 Å². The van der Waals surface area contributed by atoms with Crippen molar-refractivity contribution >= 4 is 32.9 Å². The van der Waals surface area contributed by atoms with Gasteiger partial charge in [0.25, 0.3) is 0 Å². The summed E-state index contributed by atoms with van der Waals surface area (Å²) in [6.07, 6.45) is 12.7. The molecule has 0 bridgehead atoms. The zero-order valence-corrected chi connectivity index (χ0v) is 33.7. The number of nitrogens with zero attached hydrogens (tertiary/aromatic N) is 2. The van der Waals surface area contributed by atoms with Gasteiger partial charge in [-0.3, -0.25) is 4.98 Å². The highest BCUT2D eigenvalue weighted by molar-refractivity contribution is 9.08. The Bertz CT molecular complexity index is 1840. The fraction of sp³-hybridized carbons (Fsp3) is 0.261. The summed E-state index contributed by atoms with van der Waals surface area (Å²) in [7, 11) is 0. The standard InChI is InChI=1S/C23H24NO2.C16H17NO2.C7H7Br.BrH/c1-3-7-19(8-4-1)17-24-13-11-21(12-14-24)26-23-15-22(16-23)25-18-20-9-5-2-6-10-20;1-2-4-13(5-3-1)12-18-15-10-16(11-15)19-14-6-8-17-9-7-14;8-6-7-4-2-1-3-5-7;/h1-14,22-23H,15-18H2;1-9,15-16H,10-12H2;1-5H,6H2;1H/q+1;;;. The van der Waals surface area contributed by atoms with Crippen LogP contribution in [-0.2, 0) is 34.6 Å². The quantitative estimate of drug-likeness (QED) is 0.0856. The maximum absolute atomic E-state index is 6.04. The normalized spacial score (nSPS) is 18.1. The van der Waals surface area contributed by atoms with Crippen LogP contribution in [0.15, 0.2) is 170 Å². The van der Waals surface area contributed by atoms with Crippen LogP contribution in [0.5, 0.6) is 11.5 Å². The van der Waals surface area contributed by atoms with Crippen molar-refractivity contribution < 1.29 is 23.5 Å². The fourth-order valence-corrected chi connectivity index (χ4v) is 6.24. The molecule has 2 aliphatic carbocycles. The second-order valence-corrected chi connectivity index (χ2v) is 13.8. The van der Waals surface area contributed by atoms with Crippen LogP contribution in [0.4, 0.5) is 0 Å². The number of hydrogen-bond acceptors (Lipinski definition) is 5. The van der Waals surface area contributed by atoms with E-state index in [4.69, 9.17) is 18.9 Å². The average molecular weight is 854 g/mol. The minimum absolute atomic E-state index is 0. The van der Waals surface area contributed by atoms with Crippen LogP contribution in [0.2, 0.25) is 0 Å². The van der Waals surface area contributed by atoms with E-state index in [9.17, 15) is 0 Å². The van der Waals surface area contributed by atoms with Crippen molar-refractivity contribution in [2.45, 2.75) is 75.2 Å². The van der Waals surface area contributed by atoms with Crippen molar-refractivity contribution in [2.24, 2.45) is 0 Å². The van der Waals surface area contributed by atoms with E-state index in [1.807, 2.05) is 84.9 Å². The van der Waals surface area contributed by atoms with Gasteiger partial charge in [-0.05, 0) is 28.8 Å². The molecule has 0 spiro atoms. The molecule has 2 saturated carbocycles. The van der Waals surface area contributed by atoms with Crippen LogP contribution in [0.1, 0.15) is 47.9 Å². The van der Waals surface area contributed by atoms with Gasteiger partial charge in [-0.2, -0.15) is 0 Å². The monoisotopic (exact) mass is 851 g/mol. The smallest absolute Gasteiger partial charge is 0.173 e. The summed E-state index contributed by atoms with van der Waals surface area (Å²) in [6.45, 7) is 2.25. The lowest BCUT2D eigenvalue weighted by molar-refractivity contribution is -0.688. The minimum atomic E-state index is 0. The summed E-state index contributed by atoms with van der Waals surface area (Å²) >= 11 is 3.36. The number of pyridine rings is 2. The number of halogens is 2. The molecule has 8 rings (SSSR count). The topological polar surface area (TPSA) is 53.7 Å². The first-order chi connectivity index (χ1) is 26.2. The Balaban J connectivity index is 0.000000175. The molecule has 0 N–H and O–H groups in total. The molecule has 280 valence electrons. The van der Waals surface area contributed by atoms with E-state index >= 15 is 0 Å². The Labute approximate surface area is 339 Å². The maximum atomic E-state index is 6.04. The summed E-state index contributed by atoms with van der Waals surface area (Å²) in [5.41, 5.74) is 5.07. The van der Waals surface area contributed by atoms with E-state index in [0.29, 0.717) is 25.4 Å². The Kier molecular flexibility index (Phi) is 17.2. The van der Waals surface area contributed by atoms with Crippen molar-refractivity contribution in [1.82, 2.24) is 4.98 Å². The Morgan fingerprint density at radius 1 is 0.481 bits per heavy atom. The zero-order valence-electron chi connectivity index (χ0n) is 30.4. The highest BCUT2D eigenvalue weighted by atomic mass is 79.9. The van der Waals surface area contributed by atoms with Gasteiger partial charge in [0.05, 0.1) is 25.4 Å². The predicted octanol–water partition coefficient (Wildman–Crippen LogP) is 10.5. The fourth-order valence-electron chi connectivity index (χ4n) is 5.87. The molecule has 2 fully saturated rings. The van der Waals surface area contributed by atoms with Gasteiger partial charge in [-0.25, -0.2) is 4.57 Å². The number of aromatic nitrogens is 2. The highest BCUT2D eigenvalue weighted by Gasteiger charge is 2.32. The first-order valence-electron chi connectivity index (χ1n) is 18.4. The van der Waals surface area contributed by atoms with Crippen LogP contribution in [0.3, 0.4) is 0 Å². The summed E-state index contributed by atoms with van der Waals surface area (Å²) in [6, 6.07) is 49.2. The molecule has 4 aromatic carbocycles. The van der Waals surface area contributed by atoms with Gasteiger partial charge >= 0.3 is 0 Å². The molecule has 2 aliphatic rings. The van der Waals surface area contributed by atoms with Gasteiger partial charge in [0.1, 0.15) is 23.7 Å². The molecule has 2 aromatic heterocycles. The molecule has 54 heavy (non-hydrogen) atoms. The zero-order chi connectivity index (χ0) is 36.3. The summed E-state index contributed by atoms with van der Waals surface area (Å²) < 4.78 is 25.8. The number of ether oxygens (including phenoxy) is 4. The van der Waals surface area contributed by atoms with Crippen molar-refractivity contribution in [3.63, 3.8) is 0 Å². The first kappa shape index (κ1) is 40.8. The molecule has 0 saturated heterocycles. The molecule has 0 atom stereocenters. The third-order valence-corrected chi connectivity index (χ3v) is 9.73. The van der Waals surface area contributed by atoms with Gasteiger partial charge in [-0.1, -0.05) is 137 Å². The second-order valence-electron chi connectivity index (χ2n) is 13.3. The first-order valence-corrected chi connectivity index (χ1v) is 19.5. The van der Waals surface area contributed by atoms with E-state index in [1.54, 1.807) is 12.4 Å². The van der Waals surface area contributed by atoms with Gasteiger partial charge in [-0.15, -0.1) is 17.0 Å². The summed E-state index contributed by atoms with van der Waals surface area (Å²) in [5, 5.41) is 0.952. The van der Waals surface area contributed by atoms with Gasteiger partial charge in [0, 0.05) is 61.1 Å². The van der Waals surface area contributed by atoms with Crippen molar-refractivity contribution in [1.29, 1.82) is 0 Å². The molecule has 0 amide bonds. The largest absolute Gasteiger partial charge is 0.490 e. The molecule has 6 aromatic rings. The lowest BCUT2D eigenvalue weighted by Crippen LogP contribution is -2.39. The minimum Gasteiger partial charge on any atom is -0.490 e. The van der Waals surface area contributed by atoms with E-state index in [1.165, 1.54) is 22.3 Å². The van der Waals surface area contributed by atoms with Crippen LogP contribution in [0, 0.1) is 0 Å². The number of benzene rings is 4. The molecular weight excluding hydrogens is 804 g/mol. The van der Waals surface area contributed by atoms with Crippen LogP contribution < -0.4 is 14.0 Å². The van der Waals surface area contributed by atoms with Crippen molar-refractivity contribution in [3.05, 3.63) is 193 Å². The Hall–Kier alpha value is -4.34. The molecule has 0 aliphatic heterocycles. The molecular formula is C46H49Br2N2O4+. The summed E-state index contributed by atoms with van der Waals surface area (Å²) in [4.78, 5) is 3.97. The number of alkyl halides is 1. The lowest BCUT2D eigenvalue weighted by Gasteiger charge is -2.35. The third-order valence-electron chi connectivity index (χ3n) is 9.08. The van der Waals surface area contributed by atoms with Gasteiger partial charge < -0.3 is 18.9 Å². The van der Waals surface area contributed by atoms with E-state index in [0.717, 1.165) is 49.1 Å². The number of rotatable bonds is 13. The van der Waals surface area contributed by atoms with Gasteiger partial charge in [0.15, 0.2) is 18.9 Å². The number of hydrogen-bond donors (Lipinski definition) is 0. The third kappa shape index (κ3) is 14.1. The predicted molar refractivity (Wildman–Crippen MR) is 223 cm³/mol. The average Bonchev–Trinajstić information content (AvgIpc) is 3.19. The maximum Gasteiger partial charge on any atom is 0.173 e. The molecule has 0 unspecified atom stereocenters. The second kappa shape index (κ2) is 22.8. The van der Waals surface area contributed by atoms with Crippen molar-refractivity contribution in [3.8, 4) is 11.5 Å². The van der Waals surface area contributed by atoms with Crippen LogP contribution in [-0.4, -0.2) is 29.4 Å².